The number of rotatable bonds is 11. The summed E-state index contributed by atoms with van der Waals surface area (Å²) in [6.07, 6.45) is 0. The fourth-order valence-electron chi connectivity index (χ4n) is 3.79. The highest BCUT2D eigenvalue weighted by molar-refractivity contribution is 9.10. The number of nitrogens with zero attached hydrogens (tertiary/aromatic N) is 2. The van der Waals surface area contributed by atoms with Crippen LogP contribution in [-0.4, -0.2) is 44.3 Å². The Morgan fingerprint density at radius 1 is 0.895 bits per heavy atom. The second-order valence-corrected chi connectivity index (χ2v) is 12.4. The molecule has 1 atom stereocenters. The number of amides is 2. The lowest BCUT2D eigenvalue weighted by Crippen LogP contribution is -2.51. The zero-order valence-corrected chi connectivity index (χ0v) is 24.5. The molecular formula is C29H34BrN3O4S. The van der Waals surface area contributed by atoms with Gasteiger partial charge in [0.05, 0.1) is 10.6 Å². The van der Waals surface area contributed by atoms with Crippen molar-refractivity contribution in [1.29, 1.82) is 0 Å². The summed E-state index contributed by atoms with van der Waals surface area (Å²) in [4.78, 5) is 28.3. The number of benzene rings is 3. The molecule has 3 aromatic carbocycles. The third kappa shape index (κ3) is 7.68. The summed E-state index contributed by atoms with van der Waals surface area (Å²) in [7, 11) is -4.08. The lowest BCUT2D eigenvalue weighted by atomic mass is 10.1. The van der Waals surface area contributed by atoms with Gasteiger partial charge < -0.3 is 10.2 Å². The zero-order valence-electron chi connectivity index (χ0n) is 22.1. The number of carbonyl (C=O) groups is 2. The number of hydrogen-bond donors (Lipinski definition) is 1. The Bertz CT molecular complexity index is 1330. The van der Waals surface area contributed by atoms with E-state index in [4.69, 9.17) is 0 Å². The highest BCUT2D eigenvalue weighted by Crippen LogP contribution is 2.26. The van der Waals surface area contributed by atoms with Crippen LogP contribution in [0.1, 0.15) is 31.9 Å². The Labute approximate surface area is 234 Å². The minimum absolute atomic E-state index is 0.0798. The van der Waals surface area contributed by atoms with Crippen molar-refractivity contribution in [2.45, 2.75) is 45.2 Å². The summed E-state index contributed by atoms with van der Waals surface area (Å²) in [5.74, 6) is -0.531. The molecule has 0 aliphatic carbocycles. The van der Waals surface area contributed by atoms with Crippen molar-refractivity contribution >= 4 is 43.5 Å². The lowest BCUT2D eigenvalue weighted by molar-refractivity contribution is -0.139. The first-order chi connectivity index (χ1) is 18.0. The number of sulfonamides is 1. The van der Waals surface area contributed by atoms with E-state index in [-0.39, 0.29) is 23.3 Å². The van der Waals surface area contributed by atoms with E-state index in [1.54, 1.807) is 43.3 Å². The molecule has 0 aromatic heterocycles. The summed E-state index contributed by atoms with van der Waals surface area (Å²) >= 11 is 3.38. The molecule has 7 nitrogen and oxygen atoms in total. The van der Waals surface area contributed by atoms with Gasteiger partial charge in [0.15, 0.2) is 0 Å². The van der Waals surface area contributed by atoms with Gasteiger partial charge in [0.1, 0.15) is 12.6 Å². The molecule has 1 N–H and O–H groups in total. The van der Waals surface area contributed by atoms with Gasteiger partial charge in [-0.25, -0.2) is 8.42 Å². The summed E-state index contributed by atoms with van der Waals surface area (Å²) < 4.78 is 29.5. The Kier molecular flexibility index (Phi) is 10.1. The van der Waals surface area contributed by atoms with E-state index in [0.717, 1.165) is 19.9 Å². The van der Waals surface area contributed by atoms with E-state index in [9.17, 15) is 18.0 Å². The molecule has 0 aliphatic rings. The van der Waals surface area contributed by atoms with Crippen LogP contribution in [0.5, 0.6) is 0 Å². The quantitative estimate of drug-likeness (QED) is 0.330. The van der Waals surface area contributed by atoms with Crippen LogP contribution >= 0.6 is 15.9 Å². The number of anilines is 1. The Balaban J connectivity index is 1.99. The fourth-order valence-corrected chi connectivity index (χ4v) is 5.47. The first-order valence-corrected chi connectivity index (χ1v) is 14.7. The number of hydrogen-bond acceptors (Lipinski definition) is 4. The Morgan fingerprint density at radius 3 is 2.08 bits per heavy atom. The third-order valence-corrected chi connectivity index (χ3v) is 8.37. The fraction of sp³-hybridized carbons (Fsp3) is 0.310. The van der Waals surface area contributed by atoms with Crippen LogP contribution in [0.4, 0.5) is 5.69 Å². The molecule has 0 radical (unpaired) electrons. The van der Waals surface area contributed by atoms with E-state index in [1.807, 2.05) is 51.1 Å². The van der Waals surface area contributed by atoms with Crippen LogP contribution in [0.3, 0.4) is 0 Å². The van der Waals surface area contributed by atoms with Gasteiger partial charge in [-0.05, 0) is 61.7 Å². The molecule has 202 valence electrons. The maximum absolute atomic E-state index is 13.8. The largest absolute Gasteiger partial charge is 0.354 e. The molecule has 0 spiro atoms. The van der Waals surface area contributed by atoms with Crippen LogP contribution < -0.4 is 9.62 Å². The maximum Gasteiger partial charge on any atom is 0.264 e. The molecule has 3 aromatic rings. The predicted molar refractivity (Wildman–Crippen MR) is 154 cm³/mol. The number of nitrogens with one attached hydrogen (secondary N) is 1. The molecule has 0 unspecified atom stereocenters. The summed E-state index contributed by atoms with van der Waals surface area (Å²) in [5, 5.41) is 2.89. The monoisotopic (exact) mass is 599 g/mol. The first-order valence-electron chi connectivity index (χ1n) is 12.4. The van der Waals surface area contributed by atoms with Crippen LogP contribution in [0.2, 0.25) is 0 Å². The highest BCUT2D eigenvalue weighted by Gasteiger charge is 2.32. The molecule has 9 heteroatoms. The van der Waals surface area contributed by atoms with E-state index in [1.165, 1.54) is 17.0 Å². The summed E-state index contributed by atoms with van der Waals surface area (Å²) in [5.41, 5.74) is 2.10. The molecule has 0 heterocycles. The number of carbonyl (C=O) groups excluding carboxylic acids is 2. The van der Waals surface area contributed by atoms with Crippen LogP contribution in [-0.2, 0) is 26.2 Å². The second-order valence-electron chi connectivity index (χ2n) is 9.62. The maximum atomic E-state index is 13.8. The van der Waals surface area contributed by atoms with Crippen molar-refractivity contribution in [3.63, 3.8) is 0 Å². The molecule has 0 saturated carbocycles. The normalized spacial score (nSPS) is 12.2. The molecule has 0 aliphatic heterocycles. The van der Waals surface area contributed by atoms with Crippen molar-refractivity contribution in [2.75, 3.05) is 17.4 Å². The Morgan fingerprint density at radius 2 is 1.50 bits per heavy atom. The first kappa shape index (κ1) is 29.4. The standard InChI is InChI=1S/C29H34BrN3O4S/c1-21(2)18-31-29(35)23(4)32(19-24-8-6-5-7-9-24)28(34)20-33(26-14-12-25(30)13-15-26)38(36,37)27-16-10-22(3)11-17-27/h5-17,21,23H,18-20H2,1-4H3,(H,31,35)/t23-/m1/s1. The molecule has 38 heavy (non-hydrogen) atoms. The molecule has 0 saturated heterocycles. The topological polar surface area (TPSA) is 86.8 Å². The number of halogens is 1. The number of aryl methyl sites for hydroxylation is 1. The van der Waals surface area contributed by atoms with Gasteiger partial charge in [0.2, 0.25) is 11.8 Å². The van der Waals surface area contributed by atoms with Crippen LogP contribution in [0.15, 0.2) is 88.2 Å². The van der Waals surface area contributed by atoms with Crippen molar-refractivity contribution < 1.29 is 18.0 Å². The van der Waals surface area contributed by atoms with Gasteiger partial charge in [-0.3, -0.25) is 13.9 Å². The molecule has 3 rings (SSSR count). The SMILES string of the molecule is Cc1ccc(S(=O)(=O)N(CC(=O)N(Cc2ccccc2)[C@H](C)C(=O)NCC(C)C)c2ccc(Br)cc2)cc1. The van der Waals surface area contributed by atoms with E-state index >= 15 is 0 Å². The molecule has 2 amide bonds. The van der Waals surface area contributed by atoms with Crippen LogP contribution in [0.25, 0.3) is 0 Å². The molecule has 0 bridgehead atoms. The predicted octanol–water partition coefficient (Wildman–Crippen LogP) is 5.14. The summed E-state index contributed by atoms with van der Waals surface area (Å²) in [6, 6.07) is 21.8. The van der Waals surface area contributed by atoms with Crippen LogP contribution in [0, 0.1) is 12.8 Å². The average molecular weight is 601 g/mol. The Hall–Kier alpha value is -3.17. The summed E-state index contributed by atoms with van der Waals surface area (Å²) in [6.45, 7) is 7.69. The minimum Gasteiger partial charge on any atom is -0.354 e. The van der Waals surface area contributed by atoms with Crippen molar-refractivity contribution in [1.82, 2.24) is 10.2 Å². The van der Waals surface area contributed by atoms with Gasteiger partial charge in [-0.15, -0.1) is 0 Å². The van der Waals surface area contributed by atoms with Crippen molar-refractivity contribution in [3.8, 4) is 0 Å². The van der Waals surface area contributed by atoms with E-state index in [2.05, 4.69) is 21.2 Å². The van der Waals surface area contributed by atoms with Crippen molar-refractivity contribution in [2.24, 2.45) is 5.92 Å². The lowest BCUT2D eigenvalue weighted by Gasteiger charge is -2.32. The van der Waals surface area contributed by atoms with E-state index in [0.29, 0.717) is 12.2 Å². The second kappa shape index (κ2) is 13.1. The third-order valence-electron chi connectivity index (χ3n) is 6.05. The van der Waals surface area contributed by atoms with Gasteiger partial charge in [0.25, 0.3) is 10.0 Å². The van der Waals surface area contributed by atoms with Gasteiger partial charge >= 0.3 is 0 Å². The zero-order chi connectivity index (χ0) is 27.9. The van der Waals surface area contributed by atoms with Gasteiger partial charge in [0, 0.05) is 17.6 Å². The van der Waals surface area contributed by atoms with Gasteiger partial charge in [-0.2, -0.15) is 0 Å². The minimum atomic E-state index is -4.08. The van der Waals surface area contributed by atoms with E-state index < -0.39 is 28.5 Å². The smallest absolute Gasteiger partial charge is 0.264 e. The van der Waals surface area contributed by atoms with Gasteiger partial charge in [-0.1, -0.05) is 77.8 Å². The highest BCUT2D eigenvalue weighted by atomic mass is 79.9. The average Bonchev–Trinajstić information content (AvgIpc) is 2.89. The van der Waals surface area contributed by atoms with Crippen molar-refractivity contribution in [3.05, 3.63) is 94.5 Å². The molecule has 0 fully saturated rings. The molecular weight excluding hydrogens is 566 g/mol.